The van der Waals surface area contributed by atoms with Gasteiger partial charge in [-0.25, -0.2) is 0 Å². The predicted molar refractivity (Wildman–Crippen MR) is 42.1 cm³/mol. The average molecular weight is 140 g/mol. The van der Waals surface area contributed by atoms with Crippen LogP contribution in [0.15, 0.2) is 0 Å². The molecule has 2 heteroatoms. The van der Waals surface area contributed by atoms with Crippen LogP contribution in [0.25, 0.3) is 0 Å². The van der Waals surface area contributed by atoms with Gasteiger partial charge in [-0.3, -0.25) is 0 Å². The highest BCUT2D eigenvalue weighted by atomic mass is 15.3. The van der Waals surface area contributed by atoms with Crippen LogP contribution in [0.5, 0.6) is 0 Å². The molecule has 2 atom stereocenters. The predicted octanol–water partition coefficient (Wildman–Crippen LogP) is 0.395. The highest BCUT2D eigenvalue weighted by molar-refractivity contribution is 4.96. The van der Waals surface area contributed by atoms with Crippen LogP contribution in [0.2, 0.25) is 0 Å². The summed E-state index contributed by atoms with van der Waals surface area (Å²) in [6.45, 7) is 2.61. The Morgan fingerprint density at radius 1 is 0.900 bits per heavy atom. The molecule has 0 N–H and O–H groups in total. The minimum atomic E-state index is 0.880. The van der Waals surface area contributed by atoms with E-state index in [-0.39, 0.29) is 0 Å². The van der Waals surface area contributed by atoms with Crippen molar-refractivity contribution in [2.24, 2.45) is 0 Å². The Morgan fingerprint density at radius 2 is 1.30 bits per heavy atom. The fourth-order valence-electron chi connectivity index (χ4n) is 2.42. The van der Waals surface area contributed by atoms with Crippen molar-refractivity contribution in [1.82, 2.24) is 9.80 Å². The summed E-state index contributed by atoms with van der Waals surface area (Å²) in [4.78, 5) is 5.02. The van der Waals surface area contributed by atoms with Gasteiger partial charge in [0.1, 0.15) is 0 Å². The molecule has 0 amide bonds. The molecule has 2 nitrogen and oxygen atoms in total. The molecule has 10 heavy (non-hydrogen) atoms. The molecule has 2 fully saturated rings. The first-order valence-corrected chi connectivity index (χ1v) is 4.19. The zero-order valence-electron chi connectivity index (χ0n) is 6.88. The van der Waals surface area contributed by atoms with Gasteiger partial charge in [0.25, 0.3) is 0 Å². The summed E-state index contributed by atoms with van der Waals surface area (Å²) < 4.78 is 0. The van der Waals surface area contributed by atoms with Gasteiger partial charge in [-0.05, 0) is 40.0 Å². The summed E-state index contributed by atoms with van der Waals surface area (Å²) in [6, 6.07) is 1.76. The summed E-state index contributed by atoms with van der Waals surface area (Å²) in [5, 5.41) is 0. The molecule has 0 saturated carbocycles. The molecule has 0 aromatic rings. The first kappa shape index (κ1) is 6.62. The van der Waals surface area contributed by atoms with Crippen LogP contribution < -0.4 is 0 Å². The third-order valence-corrected chi connectivity index (χ3v) is 3.13. The van der Waals surface area contributed by atoms with Crippen molar-refractivity contribution < 1.29 is 0 Å². The van der Waals surface area contributed by atoms with Crippen LogP contribution in [-0.4, -0.2) is 49.1 Å². The molecule has 0 aromatic carbocycles. The third-order valence-electron chi connectivity index (χ3n) is 3.13. The Kier molecular flexibility index (Phi) is 1.46. The molecular weight excluding hydrogens is 124 g/mol. The van der Waals surface area contributed by atoms with E-state index in [0.717, 1.165) is 12.1 Å². The van der Waals surface area contributed by atoms with E-state index in [1.54, 1.807) is 0 Å². The molecule has 0 bridgehead atoms. The Morgan fingerprint density at radius 3 is 1.70 bits per heavy atom. The van der Waals surface area contributed by atoms with Crippen LogP contribution in [0, 0.1) is 0 Å². The average Bonchev–Trinajstić information content (AvgIpc) is 2.41. The molecule has 0 spiro atoms. The van der Waals surface area contributed by atoms with Gasteiger partial charge in [0.15, 0.2) is 0 Å². The van der Waals surface area contributed by atoms with Gasteiger partial charge in [0, 0.05) is 12.1 Å². The summed E-state index contributed by atoms with van der Waals surface area (Å²) in [5.41, 5.74) is 0. The SMILES string of the molecule is CN1CC[C@@H]2[C@H]1CCN2C. The van der Waals surface area contributed by atoms with Crippen molar-refractivity contribution in [3.05, 3.63) is 0 Å². The summed E-state index contributed by atoms with van der Waals surface area (Å²) in [6.07, 6.45) is 2.77. The smallest absolute Gasteiger partial charge is 0.0261 e. The maximum Gasteiger partial charge on any atom is 0.0261 e. The van der Waals surface area contributed by atoms with Crippen LogP contribution in [0.3, 0.4) is 0 Å². The molecule has 0 aromatic heterocycles. The van der Waals surface area contributed by atoms with Crippen molar-refractivity contribution in [2.45, 2.75) is 24.9 Å². The molecule has 2 heterocycles. The third kappa shape index (κ3) is 0.789. The lowest BCUT2D eigenvalue weighted by atomic mass is 10.1. The van der Waals surface area contributed by atoms with E-state index in [2.05, 4.69) is 23.9 Å². The molecule has 0 aliphatic carbocycles. The Balaban J connectivity index is 2.09. The lowest BCUT2D eigenvalue weighted by molar-refractivity contribution is 0.276. The number of likely N-dealkylation sites (N-methyl/N-ethyl adjacent to an activating group) is 2. The minimum Gasteiger partial charge on any atom is -0.302 e. The fraction of sp³-hybridized carbons (Fsp3) is 1.00. The largest absolute Gasteiger partial charge is 0.302 e. The summed E-state index contributed by atoms with van der Waals surface area (Å²) in [5.74, 6) is 0. The second-order valence-electron chi connectivity index (χ2n) is 3.67. The van der Waals surface area contributed by atoms with Crippen molar-refractivity contribution in [3.63, 3.8) is 0 Å². The topological polar surface area (TPSA) is 6.48 Å². The maximum atomic E-state index is 2.51. The molecule has 2 aliphatic heterocycles. The second-order valence-corrected chi connectivity index (χ2v) is 3.67. The van der Waals surface area contributed by atoms with Gasteiger partial charge in [-0.15, -0.1) is 0 Å². The number of rotatable bonds is 0. The number of hydrogen-bond donors (Lipinski definition) is 0. The monoisotopic (exact) mass is 140 g/mol. The molecule has 2 rings (SSSR count). The van der Waals surface area contributed by atoms with Gasteiger partial charge in [-0.2, -0.15) is 0 Å². The van der Waals surface area contributed by atoms with Gasteiger partial charge in [0.05, 0.1) is 0 Å². The van der Waals surface area contributed by atoms with E-state index >= 15 is 0 Å². The lowest BCUT2D eigenvalue weighted by Crippen LogP contribution is -2.32. The number of nitrogens with zero attached hydrogens (tertiary/aromatic N) is 2. The van der Waals surface area contributed by atoms with E-state index in [4.69, 9.17) is 0 Å². The van der Waals surface area contributed by atoms with Crippen molar-refractivity contribution >= 4 is 0 Å². The fourth-order valence-corrected chi connectivity index (χ4v) is 2.42. The van der Waals surface area contributed by atoms with Crippen LogP contribution in [0.4, 0.5) is 0 Å². The van der Waals surface area contributed by atoms with E-state index < -0.39 is 0 Å². The van der Waals surface area contributed by atoms with Crippen molar-refractivity contribution in [3.8, 4) is 0 Å². The van der Waals surface area contributed by atoms with E-state index in [0.29, 0.717) is 0 Å². The van der Waals surface area contributed by atoms with Crippen molar-refractivity contribution in [2.75, 3.05) is 27.2 Å². The molecule has 2 saturated heterocycles. The van der Waals surface area contributed by atoms with E-state index in [1.807, 2.05) is 0 Å². The molecular formula is C8H16N2. The number of likely N-dealkylation sites (tertiary alicyclic amines) is 2. The van der Waals surface area contributed by atoms with Crippen molar-refractivity contribution in [1.29, 1.82) is 0 Å². The second kappa shape index (κ2) is 2.21. The zero-order valence-corrected chi connectivity index (χ0v) is 6.88. The van der Waals surface area contributed by atoms with E-state index in [1.165, 1.54) is 25.9 Å². The van der Waals surface area contributed by atoms with Gasteiger partial charge in [-0.1, -0.05) is 0 Å². The quantitative estimate of drug-likeness (QED) is 0.480. The Hall–Kier alpha value is -0.0800. The Bertz CT molecular complexity index is 119. The summed E-state index contributed by atoms with van der Waals surface area (Å²) in [7, 11) is 4.51. The molecule has 2 aliphatic rings. The standard InChI is InChI=1S/C8H16N2/c1-9-5-3-8-7(9)4-6-10(8)2/h7-8H,3-6H2,1-2H3/t7-,8-/m1/s1. The zero-order chi connectivity index (χ0) is 7.14. The molecule has 0 radical (unpaired) electrons. The first-order valence-electron chi connectivity index (χ1n) is 4.19. The van der Waals surface area contributed by atoms with Gasteiger partial charge in [0.2, 0.25) is 0 Å². The number of fused-ring (bicyclic) bond motifs is 1. The maximum absolute atomic E-state index is 2.51. The molecule has 0 unspecified atom stereocenters. The van der Waals surface area contributed by atoms with Crippen LogP contribution in [0.1, 0.15) is 12.8 Å². The van der Waals surface area contributed by atoms with Gasteiger partial charge >= 0.3 is 0 Å². The highest BCUT2D eigenvalue weighted by Crippen LogP contribution is 2.28. The van der Waals surface area contributed by atoms with Crippen LogP contribution >= 0.6 is 0 Å². The first-order chi connectivity index (χ1) is 4.79. The number of hydrogen-bond acceptors (Lipinski definition) is 2. The summed E-state index contributed by atoms with van der Waals surface area (Å²) >= 11 is 0. The minimum absolute atomic E-state index is 0.880. The molecule has 58 valence electrons. The lowest BCUT2D eigenvalue weighted by Gasteiger charge is -2.19. The van der Waals surface area contributed by atoms with Crippen LogP contribution in [-0.2, 0) is 0 Å². The van der Waals surface area contributed by atoms with E-state index in [9.17, 15) is 0 Å². The van der Waals surface area contributed by atoms with Gasteiger partial charge < -0.3 is 9.80 Å². The highest BCUT2D eigenvalue weighted by Gasteiger charge is 2.38. The normalized spacial score (nSPS) is 42.6. The Labute approximate surface area is 62.8 Å².